The number of fused-ring (bicyclic) bond motifs is 1. The van der Waals surface area contributed by atoms with Crippen LogP contribution in [0.4, 0.5) is 24.7 Å². The first-order chi connectivity index (χ1) is 13.5. The van der Waals surface area contributed by atoms with Crippen LogP contribution in [-0.4, -0.2) is 27.2 Å². The Labute approximate surface area is 165 Å². The molecule has 0 amide bonds. The first-order valence-corrected chi connectivity index (χ1v) is 9.02. The number of rotatable bonds is 4. The molecule has 0 fully saturated rings. The number of ether oxygens (including phenoxy) is 1. The van der Waals surface area contributed by atoms with Crippen LogP contribution in [0.2, 0.25) is 0 Å². The van der Waals surface area contributed by atoms with Gasteiger partial charge in [0.1, 0.15) is 5.82 Å². The predicted molar refractivity (Wildman–Crippen MR) is 102 cm³/mol. The van der Waals surface area contributed by atoms with Crippen LogP contribution in [-0.2, 0) is 16.3 Å². The van der Waals surface area contributed by atoms with Crippen LogP contribution < -0.4 is 5.32 Å². The van der Waals surface area contributed by atoms with Gasteiger partial charge < -0.3 is 10.1 Å². The van der Waals surface area contributed by atoms with Gasteiger partial charge in [0.05, 0.1) is 17.9 Å². The van der Waals surface area contributed by atoms with E-state index < -0.39 is 17.8 Å². The van der Waals surface area contributed by atoms with Gasteiger partial charge >= 0.3 is 12.1 Å². The lowest BCUT2D eigenvalue weighted by atomic mass is 9.93. The standard InChI is InChI=1S/C20H21F3N4O2/c1-5-29-18(28)12-6-8-13(9-7-12)24-16-11-15(20(21,22)23)25-17-10-14(19(2,3)4)26-27(16)17/h6-11,24H,5H2,1-4H3. The molecule has 2 heterocycles. The van der Waals surface area contributed by atoms with Crippen molar-refractivity contribution in [3.05, 3.63) is 53.3 Å². The second kappa shape index (κ2) is 7.38. The lowest BCUT2D eigenvalue weighted by molar-refractivity contribution is -0.141. The lowest BCUT2D eigenvalue weighted by Crippen LogP contribution is -2.13. The Morgan fingerprint density at radius 3 is 2.31 bits per heavy atom. The molecule has 2 aromatic heterocycles. The summed E-state index contributed by atoms with van der Waals surface area (Å²) in [7, 11) is 0. The molecule has 3 rings (SSSR count). The highest BCUT2D eigenvalue weighted by Gasteiger charge is 2.34. The number of esters is 1. The minimum atomic E-state index is -4.60. The topological polar surface area (TPSA) is 68.5 Å². The Kier molecular flexibility index (Phi) is 5.25. The highest BCUT2D eigenvalue weighted by Crippen LogP contribution is 2.32. The van der Waals surface area contributed by atoms with Gasteiger partial charge in [-0.05, 0) is 31.2 Å². The first-order valence-electron chi connectivity index (χ1n) is 9.02. The number of carbonyl (C=O) groups excluding carboxylic acids is 1. The van der Waals surface area contributed by atoms with E-state index in [1.54, 1.807) is 25.1 Å². The van der Waals surface area contributed by atoms with E-state index in [0.29, 0.717) is 16.9 Å². The van der Waals surface area contributed by atoms with Gasteiger partial charge in [-0.25, -0.2) is 9.78 Å². The summed E-state index contributed by atoms with van der Waals surface area (Å²) in [5.74, 6) is -0.353. The number of hydrogen-bond donors (Lipinski definition) is 1. The van der Waals surface area contributed by atoms with Gasteiger partial charge in [0, 0.05) is 23.2 Å². The molecule has 0 radical (unpaired) electrons. The second-order valence-corrected chi connectivity index (χ2v) is 7.50. The number of benzene rings is 1. The monoisotopic (exact) mass is 406 g/mol. The third-order valence-corrected chi connectivity index (χ3v) is 4.15. The van der Waals surface area contributed by atoms with E-state index in [0.717, 1.165) is 6.07 Å². The van der Waals surface area contributed by atoms with Gasteiger partial charge in [0.2, 0.25) is 0 Å². The van der Waals surface area contributed by atoms with Crippen molar-refractivity contribution in [2.24, 2.45) is 0 Å². The molecule has 154 valence electrons. The third-order valence-electron chi connectivity index (χ3n) is 4.15. The van der Waals surface area contributed by atoms with Gasteiger partial charge in [-0.2, -0.15) is 22.8 Å². The Morgan fingerprint density at radius 1 is 1.10 bits per heavy atom. The summed E-state index contributed by atoms with van der Waals surface area (Å²) in [6.45, 7) is 7.71. The predicted octanol–water partition coefficient (Wildman–Crippen LogP) is 4.97. The highest BCUT2D eigenvalue weighted by atomic mass is 19.4. The minimum absolute atomic E-state index is 0.0930. The van der Waals surface area contributed by atoms with Gasteiger partial charge in [-0.3, -0.25) is 0 Å². The van der Waals surface area contributed by atoms with E-state index in [2.05, 4.69) is 15.4 Å². The first kappa shape index (κ1) is 20.6. The number of nitrogens with zero attached hydrogens (tertiary/aromatic N) is 3. The average molecular weight is 406 g/mol. The SMILES string of the molecule is CCOC(=O)c1ccc(Nc2cc(C(F)(F)F)nc3cc(C(C)(C)C)nn23)cc1. The molecule has 0 saturated carbocycles. The smallest absolute Gasteiger partial charge is 0.433 e. The van der Waals surface area contributed by atoms with E-state index in [1.165, 1.54) is 16.6 Å². The maximum Gasteiger partial charge on any atom is 0.433 e. The number of nitrogens with one attached hydrogen (secondary N) is 1. The molecule has 0 unspecified atom stereocenters. The molecule has 1 N–H and O–H groups in total. The molecule has 0 aliphatic rings. The molecule has 0 saturated heterocycles. The van der Waals surface area contributed by atoms with Crippen LogP contribution in [0.15, 0.2) is 36.4 Å². The molecule has 0 aliphatic carbocycles. The van der Waals surface area contributed by atoms with Crippen LogP contribution in [0.25, 0.3) is 5.65 Å². The maximum atomic E-state index is 13.3. The summed E-state index contributed by atoms with van der Waals surface area (Å²) in [5.41, 5.74) is 0.176. The number of hydrogen-bond acceptors (Lipinski definition) is 5. The normalized spacial score (nSPS) is 12.2. The summed E-state index contributed by atoms with van der Waals surface area (Å²) in [5, 5.41) is 7.35. The molecular formula is C20H21F3N4O2. The van der Waals surface area contributed by atoms with Crippen molar-refractivity contribution in [3.8, 4) is 0 Å². The van der Waals surface area contributed by atoms with Crippen molar-refractivity contribution in [2.45, 2.75) is 39.3 Å². The fourth-order valence-electron chi connectivity index (χ4n) is 2.63. The van der Waals surface area contributed by atoms with E-state index in [1.807, 2.05) is 20.8 Å². The lowest BCUT2D eigenvalue weighted by Gasteiger charge is -2.14. The largest absolute Gasteiger partial charge is 0.462 e. The molecule has 29 heavy (non-hydrogen) atoms. The van der Waals surface area contributed by atoms with E-state index >= 15 is 0 Å². The Balaban J connectivity index is 2.03. The Hall–Kier alpha value is -3.10. The quantitative estimate of drug-likeness (QED) is 0.620. The van der Waals surface area contributed by atoms with Crippen LogP contribution >= 0.6 is 0 Å². The van der Waals surface area contributed by atoms with Gasteiger partial charge in [-0.1, -0.05) is 20.8 Å². The summed E-state index contributed by atoms with van der Waals surface area (Å²) in [6.07, 6.45) is -4.60. The minimum Gasteiger partial charge on any atom is -0.462 e. The number of carbonyl (C=O) groups is 1. The molecule has 0 bridgehead atoms. The zero-order valence-electron chi connectivity index (χ0n) is 16.5. The summed E-state index contributed by atoms with van der Waals surface area (Å²) in [6, 6.07) is 8.69. The zero-order valence-corrected chi connectivity index (χ0v) is 16.5. The van der Waals surface area contributed by atoms with Gasteiger partial charge in [0.15, 0.2) is 11.3 Å². The van der Waals surface area contributed by atoms with E-state index in [9.17, 15) is 18.0 Å². The molecule has 0 atom stereocenters. The maximum absolute atomic E-state index is 13.3. The number of aromatic nitrogens is 3. The van der Waals surface area contributed by atoms with Crippen LogP contribution in [0.1, 0.15) is 49.4 Å². The summed E-state index contributed by atoms with van der Waals surface area (Å²) >= 11 is 0. The molecule has 0 spiro atoms. The van der Waals surface area contributed by atoms with Crippen molar-refractivity contribution in [1.29, 1.82) is 0 Å². The van der Waals surface area contributed by atoms with E-state index in [-0.39, 0.29) is 23.5 Å². The highest BCUT2D eigenvalue weighted by molar-refractivity contribution is 5.89. The molecule has 6 nitrogen and oxygen atoms in total. The fourth-order valence-corrected chi connectivity index (χ4v) is 2.63. The van der Waals surface area contributed by atoms with Crippen molar-refractivity contribution >= 4 is 23.1 Å². The average Bonchev–Trinajstić information content (AvgIpc) is 3.07. The molecule has 9 heteroatoms. The molecule has 0 aliphatic heterocycles. The number of halogens is 3. The van der Waals surface area contributed by atoms with E-state index in [4.69, 9.17) is 4.74 Å². The Morgan fingerprint density at radius 2 is 1.76 bits per heavy atom. The third kappa shape index (κ3) is 4.49. The zero-order chi connectivity index (χ0) is 21.4. The summed E-state index contributed by atoms with van der Waals surface area (Å²) < 4.78 is 46.2. The fraction of sp³-hybridized carbons (Fsp3) is 0.350. The summed E-state index contributed by atoms with van der Waals surface area (Å²) in [4.78, 5) is 15.5. The molecule has 1 aromatic carbocycles. The van der Waals surface area contributed by atoms with Crippen molar-refractivity contribution in [1.82, 2.24) is 14.6 Å². The van der Waals surface area contributed by atoms with Crippen molar-refractivity contribution in [3.63, 3.8) is 0 Å². The second-order valence-electron chi connectivity index (χ2n) is 7.50. The van der Waals surface area contributed by atoms with Crippen molar-refractivity contribution < 1.29 is 22.7 Å². The van der Waals surface area contributed by atoms with Crippen LogP contribution in [0.5, 0.6) is 0 Å². The molecular weight excluding hydrogens is 385 g/mol. The van der Waals surface area contributed by atoms with Crippen LogP contribution in [0.3, 0.4) is 0 Å². The van der Waals surface area contributed by atoms with Gasteiger partial charge in [-0.15, -0.1) is 0 Å². The van der Waals surface area contributed by atoms with Gasteiger partial charge in [0.25, 0.3) is 0 Å². The van der Waals surface area contributed by atoms with Crippen LogP contribution in [0, 0.1) is 0 Å². The Bertz CT molecular complexity index is 1030. The molecule has 3 aromatic rings. The number of anilines is 2. The number of alkyl halides is 3. The van der Waals surface area contributed by atoms with Crippen molar-refractivity contribution in [2.75, 3.05) is 11.9 Å².